The molecule has 0 aromatic heterocycles. The minimum Gasteiger partial charge on any atom is -0.494 e. The third-order valence-electron chi connectivity index (χ3n) is 3.96. The molecule has 4 nitrogen and oxygen atoms in total. The minimum atomic E-state index is -0.299. The molecule has 0 saturated heterocycles. The van der Waals surface area contributed by atoms with E-state index in [1.807, 2.05) is 24.3 Å². The minimum absolute atomic E-state index is 0.114. The van der Waals surface area contributed by atoms with Crippen LogP contribution in [0, 0.1) is 5.92 Å². The highest BCUT2D eigenvalue weighted by atomic mass is 16.5. The molecule has 21 heavy (non-hydrogen) atoms. The number of benzene rings is 1. The van der Waals surface area contributed by atoms with Crippen LogP contribution in [0.15, 0.2) is 24.3 Å². The summed E-state index contributed by atoms with van der Waals surface area (Å²) in [5.74, 6) is 2.20. The predicted molar refractivity (Wildman–Crippen MR) is 83.9 cm³/mol. The van der Waals surface area contributed by atoms with Crippen LogP contribution in [0.25, 0.3) is 0 Å². The van der Waals surface area contributed by atoms with E-state index < -0.39 is 0 Å². The van der Waals surface area contributed by atoms with Crippen molar-refractivity contribution >= 4 is 0 Å². The molecule has 1 aliphatic rings. The molecule has 1 aliphatic carbocycles. The van der Waals surface area contributed by atoms with Gasteiger partial charge < -0.3 is 19.9 Å². The zero-order valence-electron chi connectivity index (χ0n) is 13.1. The SMILES string of the molecule is CCCOc1ccc(OCC(CO)(NCC)C2CC2)cc1. The van der Waals surface area contributed by atoms with Gasteiger partial charge in [-0.2, -0.15) is 0 Å². The number of hydrogen-bond donors (Lipinski definition) is 2. The zero-order chi connectivity index (χ0) is 15.1. The molecule has 0 heterocycles. The molecule has 2 N–H and O–H groups in total. The topological polar surface area (TPSA) is 50.7 Å². The first kappa shape index (κ1) is 16.1. The number of rotatable bonds is 10. The summed E-state index contributed by atoms with van der Waals surface area (Å²) in [6, 6.07) is 7.70. The van der Waals surface area contributed by atoms with Crippen molar-refractivity contribution in [2.45, 2.75) is 38.6 Å². The van der Waals surface area contributed by atoms with Gasteiger partial charge in [0.2, 0.25) is 0 Å². The van der Waals surface area contributed by atoms with E-state index >= 15 is 0 Å². The van der Waals surface area contributed by atoms with Crippen molar-refractivity contribution in [3.63, 3.8) is 0 Å². The Labute approximate surface area is 127 Å². The molecule has 2 rings (SSSR count). The maximum atomic E-state index is 9.77. The smallest absolute Gasteiger partial charge is 0.119 e. The van der Waals surface area contributed by atoms with E-state index in [0.29, 0.717) is 12.5 Å². The number of aliphatic hydroxyl groups is 1. The Hall–Kier alpha value is -1.26. The molecule has 118 valence electrons. The Morgan fingerprint density at radius 2 is 1.76 bits per heavy atom. The highest BCUT2D eigenvalue weighted by Crippen LogP contribution is 2.40. The van der Waals surface area contributed by atoms with Gasteiger partial charge in [0.15, 0.2) is 0 Å². The average Bonchev–Trinajstić information content (AvgIpc) is 3.36. The van der Waals surface area contributed by atoms with Gasteiger partial charge in [-0.15, -0.1) is 0 Å². The van der Waals surface area contributed by atoms with Crippen molar-refractivity contribution in [2.24, 2.45) is 5.92 Å². The molecule has 0 aliphatic heterocycles. The maximum absolute atomic E-state index is 9.77. The first-order valence-corrected chi connectivity index (χ1v) is 7.95. The second-order valence-electron chi connectivity index (χ2n) is 5.73. The monoisotopic (exact) mass is 293 g/mol. The van der Waals surface area contributed by atoms with Crippen molar-refractivity contribution in [3.05, 3.63) is 24.3 Å². The van der Waals surface area contributed by atoms with Crippen molar-refractivity contribution in [2.75, 3.05) is 26.4 Å². The summed E-state index contributed by atoms with van der Waals surface area (Å²) in [5, 5.41) is 13.2. The van der Waals surface area contributed by atoms with Gasteiger partial charge in [-0.25, -0.2) is 0 Å². The summed E-state index contributed by atoms with van der Waals surface area (Å²) in [6.45, 7) is 6.33. The quantitative estimate of drug-likeness (QED) is 0.696. The van der Waals surface area contributed by atoms with Gasteiger partial charge in [0, 0.05) is 0 Å². The molecule has 1 aromatic carbocycles. The summed E-state index contributed by atoms with van der Waals surface area (Å²) in [7, 11) is 0. The van der Waals surface area contributed by atoms with E-state index in [2.05, 4.69) is 19.2 Å². The molecule has 1 unspecified atom stereocenters. The normalized spacial score (nSPS) is 17.3. The maximum Gasteiger partial charge on any atom is 0.119 e. The largest absolute Gasteiger partial charge is 0.494 e. The van der Waals surface area contributed by atoms with Crippen molar-refractivity contribution in [1.82, 2.24) is 5.32 Å². The Morgan fingerprint density at radius 3 is 2.24 bits per heavy atom. The van der Waals surface area contributed by atoms with Crippen LogP contribution >= 0.6 is 0 Å². The molecule has 0 spiro atoms. The Balaban J connectivity index is 1.91. The molecule has 1 saturated carbocycles. The first-order chi connectivity index (χ1) is 10.2. The second-order valence-corrected chi connectivity index (χ2v) is 5.73. The van der Waals surface area contributed by atoms with Crippen LogP contribution in [0.2, 0.25) is 0 Å². The third-order valence-corrected chi connectivity index (χ3v) is 3.96. The van der Waals surface area contributed by atoms with Gasteiger partial charge in [0.1, 0.15) is 18.1 Å². The standard InChI is InChI=1S/C17H27NO3/c1-3-11-20-15-7-9-16(10-8-15)21-13-17(12-19,18-4-2)14-5-6-14/h7-10,14,18-19H,3-6,11-13H2,1-2H3. The molecule has 1 aromatic rings. The Morgan fingerprint density at radius 1 is 1.14 bits per heavy atom. The van der Waals surface area contributed by atoms with Gasteiger partial charge in [-0.3, -0.25) is 0 Å². The zero-order valence-corrected chi connectivity index (χ0v) is 13.1. The molecule has 0 amide bonds. The Bertz CT molecular complexity index is 417. The van der Waals surface area contributed by atoms with Crippen LogP contribution in [0.5, 0.6) is 11.5 Å². The molecule has 4 heteroatoms. The van der Waals surface area contributed by atoms with Gasteiger partial charge in [0.05, 0.1) is 18.8 Å². The van der Waals surface area contributed by atoms with E-state index in [0.717, 1.165) is 31.1 Å². The molecule has 1 atom stereocenters. The lowest BCUT2D eigenvalue weighted by molar-refractivity contribution is 0.0864. The van der Waals surface area contributed by atoms with E-state index in [-0.39, 0.29) is 12.1 Å². The number of nitrogens with one attached hydrogen (secondary N) is 1. The summed E-state index contributed by atoms with van der Waals surface area (Å²) >= 11 is 0. The number of hydrogen-bond acceptors (Lipinski definition) is 4. The number of likely N-dealkylation sites (N-methyl/N-ethyl adjacent to an activating group) is 1. The van der Waals surface area contributed by atoms with Crippen LogP contribution < -0.4 is 14.8 Å². The van der Waals surface area contributed by atoms with Gasteiger partial charge in [-0.1, -0.05) is 13.8 Å². The van der Waals surface area contributed by atoms with Crippen molar-refractivity contribution in [3.8, 4) is 11.5 Å². The molecular weight excluding hydrogens is 266 g/mol. The highest BCUT2D eigenvalue weighted by Gasteiger charge is 2.45. The fourth-order valence-electron chi connectivity index (χ4n) is 2.60. The molecule has 1 fully saturated rings. The second kappa shape index (κ2) is 7.66. The summed E-state index contributed by atoms with van der Waals surface area (Å²) in [5.41, 5.74) is -0.299. The fraction of sp³-hybridized carbons (Fsp3) is 0.647. The molecule has 0 bridgehead atoms. The van der Waals surface area contributed by atoms with Crippen LogP contribution in [0.1, 0.15) is 33.1 Å². The lowest BCUT2D eigenvalue weighted by Gasteiger charge is -2.32. The van der Waals surface area contributed by atoms with Gasteiger partial charge in [0.25, 0.3) is 0 Å². The van der Waals surface area contributed by atoms with Gasteiger partial charge >= 0.3 is 0 Å². The van der Waals surface area contributed by atoms with E-state index in [1.165, 1.54) is 12.8 Å². The van der Waals surface area contributed by atoms with E-state index in [9.17, 15) is 5.11 Å². The van der Waals surface area contributed by atoms with Crippen LogP contribution in [-0.2, 0) is 0 Å². The van der Waals surface area contributed by atoms with Crippen LogP contribution in [0.3, 0.4) is 0 Å². The molecule has 0 radical (unpaired) electrons. The van der Waals surface area contributed by atoms with Crippen molar-refractivity contribution in [1.29, 1.82) is 0 Å². The lowest BCUT2D eigenvalue weighted by Crippen LogP contribution is -2.55. The predicted octanol–water partition coefficient (Wildman–Crippen LogP) is 2.60. The molecular formula is C17H27NO3. The average molecular weight is 293 g/mol. The van der Waals surface area contributed by atoms with Gasteiger partial charge in [-0.05, 0) is 56.0 Å². The number of ether oxygens (including phenoxy) is 2. The van der Waals surface area contributed by atoms with Crippen LogP contribution in [0.4, 0.5) is 0 Å². The summed E-state index contributed by atoms with van der Waals surface area (Å²) < 4.78 is 11.5. The van der Waals surface area contributed by atoms with E-state index in [4.69, 9.17) is 9.47 Å². The first-order valence-electron chi connectivity index (χ1n) is 7.95. The number of aliphatic hydroxyl groups excluding tert-OH is 1. The fourth-order valence-corrected chi connectivity index (χ4v) is 2.60. The highest BCUT2D eigenvalue weighted by molar-refractivity contribution is 5.31. The summed E-state index contributed by atoms with van der Waals surface area (Å²) in [4.78, 5) is 0. The van der Waals surface area contributed by atoms with Crippen LogP contribution in [-0.4, -0.2) is 37.0 Å². The Kier molecular flexibility index (Phi) is 5.88. The third kappa shape index (κ3) is 4.35. The van der Waals surface area contributed by atoms with E-state index in [1.54, 1.807) is 0 Å². The van der Waals surface area contributed by atoms with Crippen molar-refractivity contribution < 1.29 is 14.6 Å². The lowest BCUT2D eigenvalue weighted by atomic mass is 9.95. The summed E-state index contributed by atoms with van der Waals surface area (Å²) in [6.07, 6.45) is 3.34.